The predicted octanol–water partition coefficient (Wildman–Crippen LogP) is 6.07. The van der Waals surface area contributed by atoms with Crippen LogP contribution in [0.4, 0.5) is 0 Å². The van der Waals surface area contributed by atoms with E-state index in [1.54, 1.807) is 0 Å². The monoisotopic (exact) mass is 440 g/mol. The lowest BCUT2D eigenvalue weighted by molar-refractivity contribution is 0.300. The summed E-state index contributed by atoms with van der Waals surface area (Å²) >= 11 is 6.01. The molecule has 4 heteroatoms. The Kier molecular flexibility index (Phi) is 5.71. The fraction of sp³-hybridized carbons (Fsp3) is 0.250. The first-order chi connectivity index (χ1) is 15.6. The Balaban J connectivity index is 1.35. The van der Waals surface area contributed by atoms with Gasteiger partial charge in [0, 0.05) is 35.8 Å². The molecule has 0 bridgehead atoms. The van der Waals surface area contributed by atoms with Crippen LogP contribution in [0.2, 0.25) is 0 Å². The second-order valence-electron chi connectivity index (χ2n) is 8.59. The molecule has 0 radical (unpaired) electrons. The highest BCUT2D eigenvalue weighted by molar-refractivity contribution is 7.80. The standard InChI is InChI=1S/C28H28N2OS/c1-20-11-12-24(17-21(20)2)31-16-15-29-19-26(25-9-5-6-10-27(25)29)28(32)30-14-13-22-7-3-4-8-23(22)18-30/h3-12,17,19H,13-16,18H2,1-2H3. The maximum atomic E-state index is 6.06. The van der Waals surface area contributed by atoms with Gasteiger partial charge in [-0.05, 0) is 60.7 Å². The molecule has 1 aliphatic rings. The SMILES string of the molecule is Cc1ccc(OCCn2cc(C(=S)N3CCc4ccccc4C3)c3ccccc32)cc1C. The largest absolute Gasteiger partial charge is 0.492 e. The van der Waals surface area contributed by atoms with Crippen LogP contribution in [0.15, 0.2) is 72.9 Å². The van der Waals surface area contributed by atoms with Gasteiger partial charge in [-0.15, -0.1) is 0 Å². The first-order valence-corrected chi connectivity index (χ1v) is 11.6. The summed E-state index contributed by atoms with van der Waals surface area (Å²) in [5.74, 6) is 0.923. The van der Waals surface area contributed by atoms with Crippen molar-refractivity contribution < 1.29 is 4.74 Å². The molecule has 0 spiro atoms. The summed E-state index contributed by atoms with van der Waals surface area (Å²) in [4.78, 5) is 3.28. The third-order valence-electron chi connectivity index (χ3n) is 6.52. The van der Waals surface area contributed by atoms with Crippen molar-refractivity contribution in [2.45, 2.75) is 33.4 Å². The maximum absolute atomic E-state index is 6.06. The average Bonchev–Trinajstić information content (AvgIpc) is 3.19. The van der Waals surface area contributed by atoms with Gasteiger partial charge in [-0.1, -0.05) is 60.7 Å². The van der Waals surface area contributed by atoms with Crippen LogP contribution in [-0.2, 0) is 19.5 Å². The molecular formula is C28H28N2OS. The number of ether oxygens (including phenoxy) is 1. The zero-order chi connectivity index (χ0) is 22.1. The normalized spacial score (nSPS) is 13.2. The van der Waals surface area contributed by atoms with E-state index in [0.29, 0.717) is 6.61 Å². The zero-order valence-electron chi connectivity index (χ0n) is 18.7. The molecule has 162 valence electrons. The van der Waals surface area contributed by atoms with Crippen molar-refractivity contribution in [3.8, 4) is 5.75 Å². The van der Waals surface area contributed by atoms with Crippen LogP contribution in [0.25, 0.3) is 10.9 Å². The third-order valence-corrected chi connectivity index (χ3v) is 6.99. The van der Waals surface area contributed by atoms with Crippen molar-refractivity contribution in [2.75, 3.05) is 13.2 Å². The smallest absolute Gasteiger partial charge is 0.119 e. The number of hydrogen-bond acceptors (Lipinski definition) is 2. The quantitative estimate of drug-likeness (QED) is 0.351. The highest BCUT2D eigenvalue weighted by Gasteiger charge is 2.21. The van der Waals surface area contributed by atoms with E-state index in [9.17, 15) is 0 Å². The van der Waals surface area contributed by atoms with E-state index in [0.717, 1.165) is 42.4 Å². The second-order valence-corrected chi connectivity index (χ2v) is 8.98. The van der Waals surface area contributed by atoms with Crippen LogP contribution in [0, 0.1) is 13.8 Å². The lowest BCUT2D eigenvalue weighted by Gasteiger charge is -2.30. The number of thiocarbonyl (C=S) groups is 1. The first kappa shape index (κ1) is 20.8. The van der Waals surface area contributed by atoms with Crippen molar-refractivity contribution in [3.05, 3.63) is 101 Å². The number of nitrogens with zero attached hydrogens (tertiary/aromatic N) is 2. The molecule has 0 fully saturated rings. The summed E-state index contributed by atoms with van der Waals surface area (Å²) in [6, 6.07) is 23.5. The average molecular weight is 441 g/mol. The Labute approximate surface area is 195 Å². The fourth-order valence-corrected chi connectivity index (χ4v) is 4.83. The first-order valence-electron chi connectivity index (χ1n) is 11.2. The fourth-order valence-electron chi connectivity index (χ4n) is 4.51. The summed E-state index contributed by atoms with van der Waals surface area (Å²) in [5.41, 5.74) is 7.70. The van der Waals surface area contributed by atoms with Gasteiger partial charge < -0.3 is 14.2 Å². The summed E-state index contributed by atoms with van der Waals surface area (Å²) in [7, 11) is 0. The molecule has 5 rings (SSSR count). The summed E-state index contributed by atoms with van der Waals surface area (Å²) < 4.78 is 8.33. The van der Waals surface area contributed by atoms with E-state index in [-0.39, 0.29) is 0 Å². The predicted molar refractivity (Wildman–Crippen MR) is 136 cm³/mol. The van der Waals surface area contributed by atoms with Gasteiger partial charge >= 0.3 is 0 Å². The molecule has 2 heterocycles. The lowest BCUT2D eigenvalue weighted by atomic mass is 9.99. The second kappa shape index (κ2) is 8.79. The Bertz CT molecular complexity index is 1290. The van der Waals surface area contributed by atoms with E-state index < -0.39 is 0 Å². The number of hydrogen-bond donors (Lipinski definition) is 0. The Hall–Kier alpha value is -3.11. The van der Waals surface area contributed by atoms with Crippen molar-refractivity contribution in [1.82, 2.24) is 9.47 Å². The minimum atomic E-state index is 0.616. The van der Waals surface area contributed by atoms with Crippen LogP contribution >= 0.6 is 12.2 Å². The maximum Gasteiger partial charge on any atom is 0.119 e. The molecule has 4 aromatic rings. The molecular weight excluding hydrogens is 412 g/mol. The molecule has 0 N–H and O–H groups in total. The minimum Gasteiger partial charge on any atom is -0.492 e. The van der Waals surface area contributed by atoms with Crippen molar-refractivity contribution in [2.24, 2.45) is 0 Å². The number of aromatic nitrogens is 1. The number of rotatable bonds is 5. The van der Waals surface area contributed by atoms with Gasteiger partial charge in [0.25, 0.3) is 0 Å². The van der Waals surface area contributed by atoms with Crippen molar-refractivity contribution in [1.29, 1.82) is 0 Å². The number of benzene rings is 3. The molecule has 0 saturated carbocycles. The number of para-hydroxylation sites is 1. The summed E-state index contributed by atoms with van der Waals surface area (Å²) in [5, 5.41) is 1.21. The molecule has 0 saturated heterocycles. The van der Waals surface area contributed by atoms with Crippen LogP contribution in [-0.4, -0.2) is 27.6 Å². The molecule has 0 aliphatic carbocycles. The van der Waals surface area contributed by atoms with Gasteiger partial charge in [-0.2, -0.15) is 0 Å². The van der Waals surface area contributed by atoms with E-state index in [2.05, 4.69) is 90.2 Å². The molecule has 1 aliphatic heterocycles. The van der Waals surface area contributed by atoms with Crippen LogP contribution in [0.1, 0.15) is 27.8 Å². The molecule has 1 aromatic heterocycles. The van der Waals surface area contributed by atoms with Crippen molar-refractivity contribution >= 4 is 28.1 Å². The number of aryl methyl sites for hydroxylation is 2. The van der Waals surface area contributed by atoms with Gasteiger partial charge in [0.15, 0.2) is 0 Å². The highest BCUT2D eigenvalue weighted by Crippen LogP contribution is 2.27. The van der Waals surface area contributed by atoms with Crippen LogP contribution in [0.3, 0.4) is 0 Å². The third kappa shape index (κ3) is 4.03. The van der Waals surface area contributed by atoms with E-state index in [1.165, 1.54) is 33.2 Å². The molecule has 0 unspecified atom stereocenters. The number of fused-ring (bicyclic) bond motifs is 2. The molecule has 0 amide bonds. The molecule has 0 atom stereocenters. The minimum absolute atomic E-state index is 0.616. The van der Waals surface area contributed by atoms with Crippen LogP contribution in [0.5, 0.6) is 5.75 Å². The topological polar surface area (TPSA) is 17.4 Å². The van der Waals surface area contributed by atoms with Gasteiger partial charge in [-0.25, -0.2) is 0 Å². The van der Waals surface area contributed by atoms with Gasteiger partial charge in [-0.3, -0.25) is 0 Å². The highest BCUT2D eigenvalue weighted by atomic mass is 32.1. The summed E-state index contributed by atoms with van der Waals surface area (Å²) in [6.45, 7) is 7.48. The van der Waals surface area contributed by atoms with Gasteiger partial charge in [0.05, 0.1) is 6.54 Å². The molecule has 3 aromatic carbocycles. The summed E-state index contributed by atoms with van der Waals surface area (Å²) in [6.07, 6.45) is 3.25. The zero-order valence-corrected chi connectivity index (χ0v) is 19.5. The van der Waals surface area contributed by atoms with E-state index in [1.807, 2.05) is 6.07 Å². The Morgan fingerprint density at radius 3 is 2.56 bits per heavy atom. The van der Waals surface area contributed by atoms with E-state index in [4.69, 9.17) is 17.0 Å². The Morgan fingerprint density at radius 2 is 1.72 bits per heavy atom. The Morgan fingerprint density at radius 1 is 0.938 bits per heavy atom. The van der Waals surface area contributed by atoms with Gasteiger partial charge in [0.2, 0.25) is 0 Å². The molecule has 3 nitrogen and oxygen atoms in total. The van der Waals surface area contributed by atoms with Gasteiger partial charge in [0.1, 0.15) is 17.3 Å². The van der Waals surface area contributed by atoms with Crippen molar-refractivity contribution in [3.63, 3.8) is 0 Å². The van der Waals surface area contributed by atoms with Crippen LogP contribution < -0.4 is 4.74 Å². The van der Waals surface area contributed by atoms with E-state index >= 15 is 0 Å². The molecule has 32 heavy (non-hydrogen) atoms. The lowest BCUT2D eigenvalue weighted by Crippen LogP contribution is -2.35.